The SMILES string of the molecule is CCCCC(=O)Oc1c(Sc2ccccc2[N+](=O)[O-])c(C)nn1-c1ccccc1. The summed E-state index contributed by atoms with van der Waals surface area (Å²) in [6.07, 6.45) is 1.90. The number of benzene rings is 2. The predicted molar refractivity (Wildman–Crippen MR) is 111 cm³/mol. The van der Waals surface area contributed by atoms with Crippen LogP contribution in [-0.2, 0) is 4.79 Å². The first kappa shape index (κ1) is 20.6. The van der Waals surface area contributed by atoms with Crippen LogP contribution in [0.25, 0.3) is 5.69 Å². The topological polar surface area (TPSA) is 87.3 Å². The zero-order chi connectivity index (χ0) is 20.8. The number of rotatable bonds is 8. The van der Waals surface area contributed by atoms with E-state index in [4.69, 9.17) is 4.74 Å². The molecule has 0 fully saturated rings. The maximum atomic E-state index is 12.4. The lowest BCUT2D eigenvalue weighted by Crippen LogP contribution is -2.11. The van der Waals surface area contributed by atoms with Gasteiger partial charge in [0.25, 0.3) is 5.69 Å². The third-order valence-electron chi connectivity index (χ3n) is 4.18. The van der Waals surface area contributed by atoms with Crippen LogP contribution in [0.15, 0.2) is 64.4 Å². The summed E-state index contributed by atoms with van der Waals surface area (Å²) in [5.41, 5.74) is 1.35. The van der Waals surface area contributed by atoms with Crippen molar-refractivity contribution < 1.29 is 14.5 Å². The molecule has 3 aromatic rings. The molecule has 0 spiro atoms. The third kappa shape index (κ3) is 4.83. The van der Waals surface area contributed by atoms with E-state index in [1.807, 2.05) is 37.3 Å². The lowest BCUT2D eigenvalue weighted by molar-refractivity contribution is -0.387. The molecule has 1 aromatic heterocycles. The van der Waals surface area contributed by atoms with Gasteiger partial charge in [-0.15, -0.1) is 0 Å². The van der Waals surface area contributed by atoms with E-state index >= 15 is 0 Å². The van der Waals surface area contributed by atoms with E-state index in [9.17, 15) is 14.9 Å². The molecule has 2 aromatic carbocycles. The van der Waals surface area contributed by atoms with Gasteiger partial charge in [0.15, 0.2) is 0 Å². The summed E-state index contributed by atoms with van der Waals surface area (Å²) in [7, 11) is 0. The van der Waals surface area contributed by atoms with Crippen molar-refractivity contribution in [3.05, 3.63) is 70.4 Å². The summed E-state index contributed by atoms with van der Waals surface area (Å²) in [4.78, 5) is 24.4. The highest BCUT2D eigenvalue weighted by molar-refractivity contribution is 7.99. The Hall–Kier alpha value is -3.13. The van der Waals surface area contributed by atoms with Crippen LogP contribution in [0, 0.1) is 17.0 Å². The number of ether oxygens (including phenoxy) is 1. The second-order valence-electron chi connectivity index (χ2n) is 6.37. The zero-order valence-electron chi connectivity index (χ0n) is 16.2. The van der Waals surface area contributed by atoms with Crippen LogP contribution in [0.4, 0.5) is 5.69 Å². The quantitative estimate of drug-likeness (QED) is 0.283. The van der Waals surface area contributed by atoms with Crippen LogP contribution in [-0.4, -0.2) is 20.7 Å². The Morgan fingerprint density at radius 2 is 1.86 bits per heavy atom. The molecule has 0 radical (unpaired) electrons. The highest BCUT2D eigenvalue weighted by Crippen LogP contribution is 2.42. The molecule has 0 aliphatic rings. The molecule has 150 valence electrons. The van der Waals surface area contributed by atoms with E-state index < -0.39 is 4.92 Å². The predicted octanol–water partition coefficient (Wildman–Crippen LogP) is 5.34. The molecule has 0 N–H and O–H groups in total. The number of nitro benzene ring substituents is 1. The summed E-state index contributed by atoms with van der Waals surface area (Å²) in [6.45, 7) is 3.79. The number of aryl methyl sites for hydroxylation is 1. The highest BCUT2D eigenvalue weighted by Gasteiger charge is 2.24. The number of carbonyl (C=O) groups is 1. The molecule has 0 saturated carbocycles. The number of aromatic nitrogens is 2. The van der Waals surface area contributed by atoms with Crippen molar-refractivity contribution in [2.75, 3.05) is 0 Å². The zero-order valence-corrected chi connectivity index (χ0v) is 17.0. The third-order valence-corrected chi connectivity index (χ3v) is 5.42. The molecule has 0 bridgehead atoms. The van der Waals surface area contributed by atoms with Crippen LogP contribution in [0.2, 0.25) is 0 Å². The van der Waals surface area contributed by atoms with Crippen LogP contribution in [0.5, 0.6) is 5.88 Å². The van der Waals surface area contributed by atoms with Gasteiger partial charge in [0.1, 0.15) is 0 Å². The molecule has 0 unspecified atom stereocenters. The molecule has 8 heteroatoms. The molecule has 7 nitrogen and oxygen atoms in total. The van der Waals surface area contributed by atoms with Gasteiger partial charge in [0.2, 0.25) is 5.88 Å². The first-order valence-electron chi connectivity index (χ1n) is 9.28. The lowest BCUT2D eigenvalue weighted by Gasteiger charge is -2.10. The maximum Gasteiger partial charge on any atom is 0.312 e. The van der Waals surface area contributed by atoms with E-state index in [1.165, 1.54) is 17.8 Å². The average Bonchev–Trinajstić information content (AvgIpc) is 3.02. The molecule has 29 heavy (non-hydrogen) atoms. The van der Waals surface area contributed by atoms with Crippen molar-refractivity contribution in [2.24, 2.45) is 0 Å². The van der Waals surface area contributed by atoms with E-state index in [0.717, 1.165) is 18.5 Å². The Kier molecular flexibility index (Phi) is 6.66. The van der Waals surface area contributed by atoms with Gasteiger partial charge in [-0.25, -0.2) is 0 Å². The molecule has 0 atom stereocenters. The first-order valence-corrected chi connectivity index (χ1v) is 10.1. The van der Waals surface area contributed by atoms with Crippen molar-refractivity contribution in [3.8, 4) is 11.6 Å². The number of hydrogen-bond acceptors (Lipinski definition) is 6. The van der Waals surface area contributed by atoms with Gasteiger partial charge in [-0.2, -0.15) is 9.78 Å². The van der Waals surface area contributed by atoms with Gasteiger partial charge in [0, 0.05) is 12.5 Å². The highest BCUT2D eigenvalue weighted by atomic mass is 32.2. The van der Waals surface area contributed by atoms with Gasteiger partial charge in [-0.05, 0) is 31.5 Å². The number of esters is 1. The van der Waals surface area contributed by atoms with Crippen molar-refractivity contribution in [1.29, 1.82) is 0 Å². The summed E-state index contributed by atoms with van der Waals surface area (Å²) in [5, 5.41) is 15.9. The summed E-state index contributed by atoms with van der Waals surface area (Å²) in [6, 6.07) is 15.8. The molecular weight excluding hydrogens is 390 g/mol. The summed E-state index contributed by atoms with van der Waals surface area (Å²) in [5.74, 6) is -0.0775. The Labute approximate surface area is 172 Å². The standard InChI is InChI=1S/C21H21N3O4S/c1-3-4-14-19(25)28-21-20(29-18-13-9-8-12-17(18)24(26)27)15(2)22-23(21)16-10-6-5-7-11-16/h5-13H,3-4,14H2,1-2H3. The average molecular weight is 411 g/mol. The van der Waals surface area contributed by atoms with Gasteiger partial charge >= 0.3 is 5.97 Å². The minimum atomic E-state index is -0.424. The van der Waals surface area contributed by atoms with E-state index in [2.05, 4.69) is 5.10 Å². The Bertz CT molecular complexity index is 1020. The number of nitrogens with zero attached hydrogens (tertiary/aromatic N) is 3. The normalized spacial score (nSPS) is 10.7. The number of nitro groups is 1. The van der Waals surface area contributed by atoms with E-state index in [1.54, 1.807) is 29.8 Å². The number of para-hydroxylation sites is 2. The van der Waals surface area contributed by atoms with Crippen LogP contribution < -0.4 is 4.74 Å². The van der Waals surface area contributed by atoms with Crippen molar-refractivity contribution in [3.63, 3.8) is 0 Å². The van der Waals surface area contributed by atoms with Crippen molar-refractivity contribution >= 4 is 23.4 Å². The number of carbonyl (C=O) groups excluding carboxylic acids is 1. The second kappa shape index (κ2) is 9.38. The Morgan fingerprint density at radius 3 is 2.55 bits per heavy atom. The van der Waals surface area contributed by atoms with E-state index in [-0.39, 0.29) is 17.5 Å². The minimum absolute atomic E-state index is 0.00683. The molecule has 0 aliphatic heterocycles. The van der Waals surface area contributed by atoms with Crippen LogP contribution in [0.1, 0.15) is 31.9 Å². The minimum Gasteiger partial charge on any atom is -0.406 e. The van der Waals surface area contributed by atoms with Crippen LogP contribution in [0.3, 0.4) is 0 Å². The number of unbranched alkanes of at least 4 members (excludes halogenated alkanes) is 1. The lowest BCUT2D eigenvalue weighted by atomic mass is 10.2. The Morgan fingerprint density at radius 1 is 1.17 bits per heavy atom. The van der Waals surface area contributed by atoms with Crippen molar-refractivity contribution in [2.45, 2.75) is 42.9 Å². The summed E-state index contributed by atoms with van der Waals surface area (Å²) >= 11 is 1.17. The largest absolute Gasteiger partial charge is 0.406 e. The number of hydrogen-bond donors (Lipinski definition) is 0. The smallest absolute Gasteiger partial charge is 0.312 e. The molecule has 3 rings (SSSR count). The van der Waals surface area contributed by atoms with Crippen molar-refractivity contribution in [1.82, 2.24) is 9.78 Å². The fourth-order valence-corrected chi connectivity index (χ4v) is 3.74. The van der Waals surface area contributed by atoms with E-state index in [0.29, 0.717) is 21.9 Å². The molecule has 1 heterocycles. The van der Waals surface area contributed by atoms with Gasteiger partial charge in [0.05, 0.1) is 26.1 Å². The molecule has 0 amide bonds. The molecular formula is C21H21N3O4S. The van der Waals surface area contributed by atoms with Gasteiger partial charge < -0.3 is 4.74 Å². The molecule has 0 saturated heterocycles. The Balaban J connectivity index is 2.05. The monoisotopic (exact) mass is 411 g/mol. The fraction of sp³-hybridized carbons (Fsp3) is 0.238. The molecule has 0 aliphatic carbocycles. The second-order valence-corrected chi connectivity index (χ2v) is 7.42. The fourth-order valence-electron chi connectivity index (χ4n) is 2.73. The van der Waals surface area contributed by atoms with Crippen LogP contribution >= 0.6 is 11.8 Å². The maximum absolute atomic E-state index is 12.4. The first-order chi connectivity index (χ1) is 14.0. The summed E-state index contributed by atoms with van der Waals surface area (Å²) < 4.78 is 7.26. The van der Waals surface area contributed by atoms with Gasteiger partial charge in [-0.3, -0.25) is 14.9 Å². The van der Waals surface area contributed by atoms with Gasteiger partial charge in [-0.1, -0.05) is 55.4 Å².